The van der Waals surface area contributed by atoms with Crippen LogP contribution in [0.4, 0.5) is 0 Å². The van der Waals surface area contributed by atoms with Crippen molar-refractivity contribution in [2.24, 2.45) is 5.73 Å². The molecule has 6 nitrogen and oxygen atoms in total. The number of ether oxygens (including phenoxy) is 1. The number of aliphatic hydroxyl groups excluding tert-OH is 3. The average Bonchev–Trinajstić information content (AvgIpc) is 2.43. The number of benzene rings is 1. The number of aliphatic hydroxyl groups is 3. The quantitative estimate of drug-likeness (QED) is 0.278. The van der Waals surface area contributed by atoms with Crippen LogP contribution in [0.1, 0.15) is 18.4 Å². The highest BCUT2D eigenvalue weighted by molar-refractivity contribution is 14.0. The van der Waals surface area contributed by atoms with Gasteiger partial charge in [0.25, 0.3) is 0 Å². The first-order chi connectivity index (χ1) is 9.43. The fourth-order valence-electron chi connectivity index (χ4n) is 2.57. The number of nitrogens with two attached hydrogens (primary N) is 1. The molecule has 118 valence electrons. The molecule has 1 unspecified atom stereocenters. The van der Waals surface area contributed by atoms with Gasteiger partial charge in [0.1, 0.15) is 30.3 Å². The maximum atomic E-state index is 10.1. The van der Waals surface area contributed by atoms with Gasteiger partial charge in [0.05, 0.1) is 12.0 Å². The molecule has 0 spiro atoms. The zero-order valence-electron chi connectivity index (χ0n) is 11.6. The summed E-state index contributed by atoms with van der Waals surface area (Å²) in [7, 11) is 0. The monoisotopic (exact) mass is 408 g/mol. The summed E-state index contributed by atoms with van der Waals surface area (Å²) in [6.45, 7) is 1.61. The Morgan fingerprint density at radius 1 is 1.14 bits per heavy atom. The van der Waals surface area contributed by atoms with E-state index in [0.717, 1.165) is 5.56 Å². The van der Waals surface area contributed by atoms with Gasteiger partial charge in [-0.15, -0.1) is 24.0 Å². The second kappa shape index (κ2) is 7.50. The highest BCUT2D eigenvalue weighted by Crippen LogP contribution is 2.31. The molecule has 2 rings (SSSR count). The molecule has 21 heavy (non-hydrogen) atoms. The van der Waals surface area contributed by atoms with Crippen molar-refractivity contribution in [3.05, 3.63) is 35.9 Å². The van der Waals surface area contributed by atoms with Gasteiger partial charge in [-0.2, -0.15) is 0 Å². The Balaban J connectivity index is 0.00000220. The Bertz CT molecular complexity index is 473. The summed E-state index contributed by atoms with van der Waals surface area (Å²) in [6.07, 6.45) is -5.32. The third-order valence-electron chi connectivity index (χ3n) is 3.71. The molecule has 0 aromatic heterocycles. The minimum Gasteiger partial charge on any atom is -0.388 e. The van der Waals surface area contributed by atoms with Gasteiger partial charge in [-0.3, -0.25) is 5.41 Å². The van der Waals surface area contributed by atoms with Crippen LogP contribution in [0.2, 0.25) is 0 Å². The van der Waals surface area contributed by atoms with E-state index in [0.29, 0.717) is 0 Å². The van der Waals surface area contributed by atoms with E-state index in [4.69, 9.17) is 15.9 Å². The molecule has 6 atom stereocenters. The van der Waals surface area contributed by atoms with Gasteiger partial charge >= 0.3 is 0 Å². The van der Waals surface area contributed by atoms with Crippen LogP contribution < -0.4 is 5.73 Å². The second-order valence-electron chi connectivity index (χ2n) is 5.12. The number of halogens is 1. The van der Waals surface area contributed by atoms with E-state index < -0.39 is 36.4 Å². The number of rotatable bonds is 3. The van der Waals surface area contributed by atoms with E-state index in [9.17, 15) is 15.3 Å². The van der Waals surface area contributed by atoms with Crippen LogP contribution in [0.5, 0.6) is 0 Å². The molecule has 1 fully saturated rings. The zero-order valence-corrected chi connectivity index (χ0v) is 13.9. The van der Waals surface area contributed by atoms with Gasteiger partial charge < -0.3 is 25.8 Å². The predicted molar refractivity (Wildman–Crippen MR) is 88.9 cm³/mol. The van der Waals surface area contributed by atoms with Crippen LogP contribution in [0.25, 0.3) is 0 Å². The molecular weight excluding hydrogens is 387 g/mol. The Hall–Kier alpha value is -0.740. The lowest BCUT2D eigenvalue weighted by Crippen LogP contribution is -2.59. The van der Waals surface area contributed by atoms with Crippen molar-refractivity contribution in [1.29, 1.82) is 5.41 Å². The molecule has 0 aliphatic carbocycles. The molecule has 0 bridgehead atoms. The van der Waals surface area contributed by atoms with Crippen molar-refractivity contribution in [2.75, 3.05) is 0 Å². The zero-order chi connectivity index (χ0) is 14.9. The number of hydrogen-bond acceptors (Lipinski definition) is 5. The Labute approximate surface area is 140 Å². The first kappa shape index (κ1) is 18.3. The Morgan fingerprint density at radius 3 is 2.24 bits per heavy atom. The topological polar surface area (TPSA) is 120 Å². The lowest BCUT2D eigenvalue weighted by molar-refractivity contribution is -0.218. The fourth-order valence-corrected chi connectivity index (χ4v) is 2.57. The molecule has 1 aliphatic heterocycles. The largest absolute Gasteiger partial charge is 0.388 e. The second-order valence-corrected chi connectivity index (χ2v) is 5.12. The highest BCUT2D eigenvalue weighted by atomic mass is 127. The maximum Gasteiger partial charge on any atom is 0.111 e. The van der Waals surface area contributed by atoms with Crippen molar-refractivity contribution in [3.8, 4) is 0 Å². The van der Waals surface area contributed by atoms with Gasteiger partial charge in [-0.1, -0.05) is 30.3 Å². The SMILES string of the molecule is C[C@@H]1O[C@H](C(C(=N)N)c2ccccc2)[C@@H](O)[C@H](O)[C@@H]1O.I. The molecule has 1 heterocycles. The molecule has 1 aromatic carbocycles. The molecular formula is C14H21IN2O4. The summed E-state index contributed by atoms with van der Waals surface area (Å²) in [5, 5.41) is 37.4. The van der Waals surface area contributed by atoms with Crippen LogP contribution in [0, 0.1) is 5.41 Å². The minimum absolute atomic E-state index is 0. The molecule has 0 amide bonds. The van der Waals surface area contributed by atoms with Crippen LogP contribution in [0.3, 0.4) is 0 Å². The summed E-state index contributed by atoms with van der Waals surface area (Å²) in [4.78, 5) is 0. The third kappa shape index (κ3) is 3.72. The smallest absolute Gasteiger partial charge is 0.111 e. The van der Waals surface area contributed by atoms with Crippen molar-refractivity contribution in [2.45, 2.75) is 43.4 Å². The van der Waals surface area contributed by atoms with Crippen molar-refractivity contribution >= 4 is 29.8 Å². The summed E-state index contributed by atoms with van der Waals surface area (Å²) < 4.78 is 5.58. The normalized spacial score (nSPS) is 33.8. The molecule has 1 aliphatic rings. The van der Waals surface area contributed by atoms with Gasteiger partial charge in [-0.05, 0) is 12.5 Å². The van der Waals surface area contributed by atoms with E-state index in [1.54, 1.807) is 31.2 Å². The average molecular weight is 408 g/mol. The minimum atomic E-state index is -1.32. The first-order valence-electron chi connectivity index (χ1n) is 6.52. The molecule has 1 saturated heterocycles. The first-order valence-corrected chi connectivity index (χ1v) is 6.52. The van der Waals surface area contributed by atoms with E-state index in [1.807, 2.05) is 6.07 Å². The Morgan fingerprint density at radius 2 is 1.71 bits per heavy atom. The van der Waals surface area contributed by atoms with Crippen molar-refractivity contribution < 1.29 is 20.1 Å². The molecule has 6 N–H and O–H groups in total. The van der Waals surface area contributed by atoms with E-state index in [2.05, 4.69) is 0 Å². The van der Waals surface area contributed by atoms with Crippen LogP contribution >= 0.6 is 24.0 Å². The maximum absolute atomic E-state index is 10.1. The van der Waals surface area contributed by atoms with Crippen LogP contribution in [0.15, 0.2) is 30.3 Å². The van der Waals surface area contributed by atoms with Gasteiger partial charge in [0.15, 0.2) is 0 Å². The fraction of sp³-hybridized carbons (Fsp3) is 0.500. The third-order valence-corrected chi connectivity index (χ3v) is 3.71. The molecule has 7 heteroatoms. The highest BCUT2D eigenvalue weighted by Gasteiger charge is 2.46. The summed E-state index contributed by atoms with van der Waals surface area (Å²) in [5.41, 5.74) is 6.36. The Kier molecular flexibility index (Phi) is 6.54. The number of amidine groups is 1. The molecule has 0 radical (unpaired) electrons. The summed E-state index contributed by atoms with van der Waals surface area (Å²) in [6, 6.07) is 9.00. The van der Waals surface area contributed by atoms with Gasteiger partial charge in [-0.25, -0.2) is 0 Å². The van der Waals surface area contributed by atoms with E-state index >= 15 is 0 Å². The van der Waals surface area contributed by atoms with Gasteiger partial charge in [0.2, 0.25) is 0 Å². The van der Waals surface area contributed by atoms with Crippen LogP contribution in [-0.2, 0) is 4.74 Å². The van der Waals surface area contributed by atoms with Gasteiger partial charge in [0, 0.05) is 0 Å². The lowest BCUT2D eigenvalue weighted by atomic mass is 9.83. The van der Waals surface area contributed by atoms with Crippen LogP contribution in [-0.4, -0.2) is 51.7 Å². The van der Waals surface area contributed by atoms with E-state index in [-0.39, 0.29) is 29.8 Å². The lowest BCUT2D eigenvalue weighted by Gasteiger charge is -2.42. The molecule has 1 aromatic rings. The number of hydrogen-bond donors (Lipinski definition) is 5. The summed E-state index contributed by atoms with van der Waals surface area (Å²) in [5.74, 6) is -0.827. The number of nitrogens with one attached hydrogen (secondary N) is 1. The molecule has 0 saturated carbocycles. The predicted octanol–water partition coefficient (Wildman–Crippen LogP) is 0.194. The standard InChI is InChI=1S/C14H20N2O4.HI/c1-7-10(17)11(18)12(19)13(20-7)9(14(15)16)8-5-3-2-4-6-8;/h2-7,9-13,17-19H,1H3,(H3,15,16);1H/t7-,9?,10+,11+,12-,13+;/m0./s1. The van der Waals surface area contributed by atoms with E-state index in [1.165, 1.54) is 0 Å². The summed E-state index contributed by atoms with van der Waals surface area (Å²) >= 11 is 0. The van der Waals surface area contributed by atoms with Crippen molar-refractivity contribution in [3.63, 3.8) is 0 Å². The van der Waals surface area contributed by atoms with Crippen molar-refractivity contribution in [1.82, 2.24) is 0 Å².